The van der Waals surface area contributed by atoms with Crippen LogP contribution in [0.15, 0.2) is 76.3 Å². The molecule has 0 radical (unpaired) electrons. The van der Waals surface area contributed by atoms with Crippen LogP contribution in [0.2, 0.25) is 0 Å². The summed E-state index contributed by atoms with van der Waals surface area (Å²) in [5.41, 5.74) is 0.581. The Kier molecular flexibility index (Phi) is 9.74. The lowest BCUT2D eigenvalue weighted by atomic mass is 10.0. The van der Waals surface area contributed by atoms with E-state index in [1.54, 1.807) is 38.6 Å². The molecule has 2 aliphatic rings. The number of anilines is 1. The first-order valence-electron chi connectivity index (χ1n) is 15.8. The lowest BCUT2D eigenvalue weighted by Crippen LogP contribution is -2.44. The molecule has 1 aromatic heterocycles. The van der Waals surface area contributed by atoms with Crippen LogP contribution in [0.5, 0.6) is 17.2 Å². The second-order valence-electron chi connectivity index (χ2n) is 11.8. The molecule has 2 fully saturated rings. The predicted molar refractivity (Wildman–Crippen MR) is 175 cm³/mol. The Balaban J connectivity index is 1.32. The van der Waals surface area contributed by atoms with Crippen LogP contribution in [0.25, 0.3) is 10.9 Å². The van der Waals surface area contributed by atoms with Gasteiger partial charge >= 0.3 is 5.69 Å². The van der Waals surface area contributed by atoms with Crippen LogP contribution in [0.4, 0.5) is 14.5 Å². The number of halogens is 2. The zero-order chi connectivity index (χ0) is 33.8. The van der Waals surface area contributed by atoms with Crippen molar-refractivity contribution in [3.8, 4) is 17.2 Å². The van der Waals surface area contributed by atoms with E-state index in [-0.39, 0.29) is 29.6 Å². The number of fused-ring (bicyclic) bond motifs is 1. The number of benzene rings is 3. The number of hydrogen-bond acceptors (Lipinski definition) is 7. The lowest BCUT2D eigenvalue weighted by molar-refractivity contribution is -0.123. The molecule has 0 aliphatic carbocycles. The second-order valence-corrected chi connectivity index (χ2v) is 11.8. The molecule has 48 heavy (non-hydrogen) atoms. The van der Waals surface area contributed by atoms with E-state index in [0.717, 1.165) is 16.7 Å². The molecule has 3 heterocycles. The van der Waals surface area contributed by atoms with Crippen molar-refractivity contribution < 1.29 is 32.6 Å². The van der Waals surface area contributed by atoms with Crippen LogP contribution >= 0.6 is 0 Å². The minimum absolute atomic E-state index is 0.0999. The van der Waals surface area contributed by atoms with Gasteiger partial charge in [0.15, 0.2) is 23.7 Å². The van der Waals surface area contributed by atoms with E-state index in [4.69, 9.17) is 14.2 Å². The lowest BCUT2D eigenvalue weighted by Gasteiger charge is -2.31. The molecule has 2 amide bonds. The number of methoxy groups -OCH3 is 1. The third kappa shape index (κ3) is 6.49. The van der Waals surface area contributed by atoms with Gasteiger partial charge in [0.25, 0.3) is 11.5 Å². The highest BCUT2D eigenvalue weighted by atomic mass is 19.1. The molecule has 6 rings (SSSR count). The predicted octanol–water partition coefficient (Wildman–Crippen LogP) is 3.88. The van der Waals surface area contributed by atoms with Gasteiger partial charge < -0.3 is 24.0 Å². The summed E-state index contributed by atoms with van der Waals surface area (Å²) in [6.07, 6.45) is 0.222. The molecular formula is C35H36F2N4O7. The van der Waals surface area contributed by atoms with Crippen LogP contribution in [0.3, 0.4) is 0 Å². The topological polar surface area (TPSA) is 112 Å². The third-order valence-corrected chi connectivity index (χ3v) is 8.86. The summed E-state index contributed by atoms with van der Waals surface area (Å²) in [7, 11) is 1.46. The number of hydrogen-bond donors (Lipinski definition) is 0. The Labute approximate surface area is 274 Å². The number of ether oxygens (including phenoxy) is 3. The maximum Gasteiger partial charge on any atom is 0.332 e. The molecule has 0 spiro atoms. The van der Waals surface area contributed by atoms with Gasteiger partial charge in [-0.2, -0.15) is 0 Å². The molecule has 2 aliphatic heterocycles. The smallest absolute Gasteiger partial charge is 0.332 e. The fourth-order valence-electron chi connectivity index (χ4n) is 6.34. The number of amides is 2. The first-order valence-corrected chi connectivity index (χ1v) is 15.8. The molecule has 1 atom stereocenters. The summed E-state index contributed by atoms with van der Waals surface area (Å²) in [5, 5.41) is 0.149. The number of rotatable bonds is 12. The molecule has 11 nitrogen and oxygen atoms in total. The summed E-state index contributed by atoms with van der Waals surface area (Å²) in [6, 6.07) is 18.5. The summed E-state index contributed by atoms with van der Waals surface area (Å²) in [4.78, 5) is 55.7. The van der Waals surface area contributed by atoms with E-state index >= 15 is 0 Å². The molecule has 0 saturated carbocycles. The summed E-state index contributed by atoms with van der Waals surface area (Å²) < 4.78 is 46.3. The average Bonchev–Trinajstić information content (AvgIpc) is 3.49. The van der Waals surface area contributed by atoms with Gasteiger partial charge in [0.05, 0.1) is 24.6 Å². The van der Waals surface area contributed by atoms with Gasteiger partial charge in [-0.15, -0.1) is 0 Å². The van der Waals surface area contributed by atoms with Crippen molar-refractivity contribution in [2.24, 2.45) is 0 Å². The quantitative estimate of drug-likeness (QED) is 0.212. The van der Waals surface area contributed by atoms with Crippen molar-refractivity contribution in [2.75, 3.05) is 45.0 Å². The van der Waals surface area contributed by atoms with Crippen LogP contribution in [0, 0.1) is 0 Å². The molecule has 0 N–H and O–H groups in total. The number of nitrogens with zero attached hydrogens (tertiary/aromatic N) is 4. The number of para-hydroxylation sites is 1. The SMILES string of the molecule is COc1cc(Cn2c(=O)c3cc(OC(CF)CF)ccc3n(C3CCN(C=O)CC3)c2=O)ccc1O[C@@H]1CCN(c2ccccc2)C1=O. The molecule has 0 bridgehead atoms. The van der Waals surface area contributed by atoms with Gasteiger partial charge in [-0.25, -0.2) is 13.6 Å². The Hall–Kier alpha value is -5.20. The van der Waals surface area contributed by atoms with Crippen molar-refractivity contribution in [3.05, 3.63) is 93.1 Å². The van der Waals surface area contributed by atoms with Gasteiger partial charge in [0, 0.05) is 37.8 Å². The van der Waals surface area contributed by atoms with Crippen molar-refractivity contribution in [1.29, 1.82) is 0 Å². The van der Waals surface area contributed by atoms with Gasteiger partial charge in [-0.1, -0.05) is 24.3 Å². The molecule has 4 aromatic rings. The minimum atomic E-state index is -1.32. The highest BCUT2D eigenvalue weighted by Crippen LogP contribution is 2.32. The zero-order valence-corrected chi connectivity index (χ0v) is 26.4. The number of piperidine rings is 1. The maximum atomic E-state index is 14.1. The fourth-order valence-corrected chi connectivity index (χ4v) is 6.34. The highest BCUT2D eigenvalue weighted by Gasteiger charge is 2.35. The first kappa shape index (κ1) is 32.7. The summed E-state index contributed by atoms with van der Waals surface area (Å²) >= 11 is 0. The average molecular weight is 663 g/mol. The van der Waals surface area contributed by atoms with E-state index in [9.17, 15) is 28.0 Å². The minimum Gasteiger partial charge on any atom is -0.493 e. The summed E-state index contributed by atoms with van der Waals surface area (Å²) in [6.45, 7) is -0.812. The Morgan fingerprint density at radius 1 is 0.896 bits per heavy atom. The van der Waals surface area contributed by atoms with Crippen molar-refractivity contribution in [1.82, 2.24) is 14.0 Å². The van der Waals surface area contributed by atoms with Gasteiger partial charge in [-0.05, 0) is 60.9 Å². The normalized spacial score (nSPS) is 16.9. The third-order valence-electron chi connectivity index (χ3n) is 8.86. The number of carbonyl (C=O) groups excluding carboxylic acids is 2. The van der Waals surface area contributed by atoms with E-state index in [1.807, 2.05) is 30.3 Å². The van der Waals surface area contributed by atoms with Crippen LogP contribution in [-0.2, 0) is 16.1 Å². The number of likely N-dealkylation sites (tertiary alicyclic amines) is 1. The number of carbonyl (C=O) groups is 2. The van der Waals surface area contributed by atoms with E-state index < -0.39 is 36.8 Å². The van der Waals surface area contributed by atoms with E-state index in [0.29, 0.717) is 61.5 Å². The molecular weight excluding hydrogens is 626 g/mol. The molecule has 13 heteroatoms. The fraction of sp³-hybridized carbons (Fsp3) is 0.371. The molecule has 252 valence electrons. The standard InChI is InChI=1S/C35H36F2N4O7/c1-46-32-17-23(7-10-30(32)48-31-13-16-39(34(31)44)24-5-3-2-4-6-24)21-40-33(43)28-18-26(47-27(19-36)20-37)8-9-29(28)41(35(40)45)25-11-14-38(22-42)15-12-25/h2-10,17-18,22,25,27,31H,11-16,19-21H2,1H3/t31-/m1/s1. The van der Waals surface area contributed by atoms with E-state index in [2.05, 4.69) is 0 Å². The van der Waals surface area contributed by atoms with E-state index in [1.165, 1.54) is 19.2 Å². The van der Waals surface area contributed by atoms with Crippen molar-refractivity contribution in [3.63, 3.8) is 0 Å². The van der Waals surface area contributed by atoms with Crippen LogP contribution in [-0.4, -0.2) is 78.7 Å². The number of alkyl halides is 2. The maximum absolute atomic E-state index is 14.1. The largest absolute Gasteiger partial charge is 0.493 e. The van der Waals surface area contributed by atoms with Crippen LogP contribution in [0.1, 0.15) is 30.9 Å². The zero-order valence-electron chi connectivity index (χ0n) is 26.4. The molecule has 0 unspecified atom stereocenters. The van der Waals surface area contributed by atoms with Gasteiger partial charge in [0.2, 0.25) is 6.41 Å². The van der Waals surface area contributed by atoms with Gasteiger partial charge in [0.1, 0.15) is 19.1 Å². The molecule has 3 aromatic carbocycles. The number of aromatic nitrogens is 2. The monoisotopic (exact) mass is 662 g/mol. The second kappa shape index (κ2) is 14.3. The van der Waals surface area contributed by atoms with Crippen LogP contribution < -0.4 is 30.4 Å². The van der Waals surface area contributed by atoms with Crippen molar-refractivity contribution >= 4 is 28.9 Å². The Morgan fingerprint density at radius 2 is 1.65 bits per heavy atom. The Bertz CT molecular complexity index is 1900. The van der Waals surface area contributed by atoms with Crippen molar-refractivity contribution in [2.45, 2.75) is 44.1 Å². The summed E-state index contributed by atoms with van der Waals surface area (Å²) in [5.74, 6) is 0.606. The van der Waals surface area contributed by atoms with Gasteiger partial charge in [-0.3, -0.25) is 23.5 Å². The highest BCUT2D eigenvalue weighted by molar-refractivity contribution is 5.99. The first-order chi connectivity index (χ1) is 23.3. The molecule has 2 saturated heterocycles. The Morgan fingerprint density at radius 3 is 2.33 bits per heavy atom.